The van der Waals surface area contributed by atoms with Crippen LogP contribution in [0.2, 0.25) is 0 Å². The molecule has 0 aliphatic heterocycles. The topological polar surface area (TPSA) is 172 Å². The number of esters is 2. The summed E-state index contributed by atoms with van der Waals surface area (Å²) in [6, 6.07) is -1.53. The Balaban J connectivity index is 4.51. The van der Waals surface area contributed by atoms with E-state index in [2.05, 4.69) is 54.8 Å². The normalized spacial score (nSPS) is 14.4. The molecule has 0 aromatic heterocycles. The molecule has 0 aromatic rings. The molecule has 0 aromatic carbocycles. The van der Waals surface area contributed by atoms with Gasteiger partial charge < -0.3 is 25.2 Å². The van der Waals surface area contributed by atoms with Crippen molar-refractivity contribution in [1.82, 2.24) is 0 Å². The van der Waals surface area contributed by atoms with Crippen LogP contribution >= 0.6 is 7.82 Å². The van der Waals surface area contributed by atoms with E-state index < -0.39 is 51.1 Å². The molecule has 0 aliphatic carbocycles. The van der Waals surface area contributed by atoms with E-state index in [0.717, 1.165) is 44.9 Å². The van der Waals surface area contributed by atoms with E-state index in [1.165, 1.54) is 64.2 Å². The van der Waals surface area contributed by atoms with E-state index >= 15 is 0 Å². The number of hydrogen-bond acceptors (Lipinski definition) is 9. The smallest absolute Gasteiger partial charge is 0.472 e. The Labute approximate surface area is 314 Å². The Morgan fingerprint density at radius 2 is 1.04 bits per heavy atom. The van der Waals surface area contributed by atoms with Crippen LogP contribution in [0.1, 0.15) is 155 Å². The molecule has 11 nitrogen and oxygen atoms in total. The van der Waals surface area contributed by atoms with Crippen LogP contribution in [0, 0.1) is 0 Å². The lowest BCUT2D eigenvalue weighted by atomic mass is 10.1. The lowest BCUT2D eigenvalue weighted by Crippen LogP contribution is -2.34. The maximum absolute atomic E-state index is 12.5. The number of ether oxygens (including phenoxy) is 2. The molecule has 1 unspecified atom stereocenters. The van der Waals surface area contributed by atoms with Gasteiger partial charge in [-0.2, -0.15) is 0 Å². The van der Waals surface area contributed by atoms with E-state index in [9.17, 15) is 23.8 Å². The number of rotatable bonds is 36. The van der Waals surface area contributed by atoms with Gasteiger partial charge in [-0.05, 0) is 51.4 Å². The average Bonchev–Trinajstić information content (AvgIpc) is 3.12. The van der Waals surface area contributed by atoms with Gasteiger partial charge in [0.15, 0.2) is 6.10 Å². The second-order valence-electron chi connectivity index (χ2n) is 13.1. The molecule has 0 amide bonds. The van der Waals surface area contributed by atoms with Gasteiger partial charge in [-0.25, -0.2) is 4.57 Å². The van der Waals surface area contributed by atoms with Crippen molar-refractivity contribution in [2.75, 3.05) is 19.8 Å². The van der Waals surface area contributed by atoms with Crippen LogP contribution in [0.25, 0.3) is 0 Å². The summed E-state index contributed by atoms with van der Waals surface area (Å²) in [7, 11) is -4.72. The fraction of sp³-hybridized carbons (Fsp3) is 0.725. The molecule has 12 heteroatoms. The molecule has 0 spiro atoms. The first kappa shape index (κ1) is 49.4. The Morgan fingerprint density at radius 1 is 0.596 bits per heavy atom. The highest BCUT2D eigenvalue weighted by Gasteiger charge is 2.28. The van der Waals surface area contributed by atoms with Crippen molar-refractivity contribution >= 4 is 25.7 Å². The van der Waals surface area contributed by atoms with E-state index in [0.29, 0.717) is 19.3 Å². The second kappa shape index (κ2) is 35.5. The molecule has 0 saturated heterocycles. The third kappa shape index (κ3) is 34.5. The van der Waals surface area contributed by atoms with Gasteiger partial charge in [0, 0.05) is 12.8 Å². The number of phosphoric ester groups is 1. The van der Waals surface area contributed by atoms with Crippen LogP contribution < -0.4 is 5.73 Å². The number of carboxylic acid groups (broad SMARTS) is 1. The number of unbranched alkanes of at least 4 members (excludes halogenated alkanes) is 14. The molecule has 0 fully saturated rings. The van der Waals surface area contributed by atoms with Crippen molar-refractivity contribution in [1.29, 1.82) is 0 Å². The number of allylic oxidation sites excluding steroid dienone is 8. The van der Waals surface area contributed by atoms with Gasteiger partial charge >= 0.3 is 25.7 Å². The van der Waals surface area contributed by atoms with E-state index in [-0.39, 0.29) is 19.4 Å². The SMILES string of the molecule is CCCCCC=CCC=CCC=CCC=CCCCC(=O)OC[C@H](COP(=O)(O)OC[C@H](N)C(=O)O)OC(=O)CCCCCCCCCCCCC. The van der Waals surface area contributed by atoms with Crippen LogP contribution in [0.15, 0.2) is 48.6 Å². The van der Waals surface area contributed by atoms with Crippen molar-refractivity contribution in [3.05, 3.63) is 48.6 Å². The van der Waals surface area contributed by atoms with Crippen LogP contribution in [0.3, 0.4) is 0 Å². The van der Waals surface area contributed by atoms with Crippen molar-refractivity contribution in [3.8, 4) is 0 Å². The number of carbonyl (C=O) groups is 3. The van der Waals surface area contributed by atoms with E-state index in [1.54, 1.807) is 0 Å². The maximum atomic E-state index is 12.5. The number of carboxylic acids is 1. The van der Waals surface area contributed by atoms with Gasteiger partial charge in [0.2, 0.25) is 0 Å². The van der Waals surface area contributed by atoms with Crippen molar-refractivity contribution in [2.45, 2.75) is 167 Å². The van der Waals surface area contributed by atoms with Gasteiger partial charge in [-0.1, -0.05) is 140 Å². The number of aliphatic carboxylic acids is 1. The Kier molecular flexibility index (Phi) is 33.7. The predicted molar refractivity (Wildman–Crippen MR) is 208 cm³/mol. The fourth-order valence-electron chi connectivity index (χ4n) is 4.94. The molecule has 0 rings (SSSR count). The first-order valence-corrected chi connectivity index (χ1v) is 21.2. The molecular formula is C40H70NO10P. The zero-order valence-corrected chi connectivity index (χ0v) is 33.0. The Morgan fingerprint density at radius 3 is 1.58 bits per heavy atom. The molecule has 0 aliphatic rings. The molecule has 0 saturated carbocycles. The van der Waals surface area contributed by atoms with Gasteiger partial charge in [0.05, 0.1) is 13.2 Å². The summed E-state index contributed by atoms with van der Waals surface area (Å²) < 4.78 is 32.5. The second-order valence-corrected chi connectivity index (χ2v) is 14.5. The number of phosphoric acid groups is 1. The quantitative estimate of drug-likeness (QED) is 0.0241. The minimum absolute atomic E-state index is 0.146. The molecular weight excluding hydrogens is 685 g/mol. The summed E-state index contributed by atoms with van der Waals surface area (Å²) >= 11 is 0. The molecule has 3 atom stereocenters. The highest BCUT2D eigenvalue weighted by Crippen LogP contribution is 2.43. The summed E-state index contributed by atoms with van der Waals surface area (Å²) in [5, 5.41) is 8.86. The third-order valence-electron chi connectivity index (χ3n) is 8.08. The Bertz CT molecular complexity index is 1070. The summed E-state index contributed by atoms with van der Waals surface area (Å²) in [6.07, 6.45) is 37.6. The Hall–Kier alpha value is -2.56. The molecule has 52 heavy (non-hydrogen) atoms. The highest BCUT2D eigenvalue weighted by molar-refractivity contribution is 7.47. The number of carbonyl (C=O) groups excluding carboxylic acids is 2. The maximum Gasteiger partial charge on any atom is 0.472 e. The molecule has 4 N–H and O–H groups in total. The highest BCUT2D eigenvalue weighted by atomic mass is 31.2. The molecule has 300 valence electrons. The van der Waals surface area contributed by atoms with E-state index in [1.807, 2.05) is 12.2 Å². The van der Waals surface area contributed by atoms with Gasteiger partial charge in [-0.15, -0.1) is 0 Å². The summed E-state index contributed by atoms with van der Waals surface area (Å²) in [6.45, 7) is 2.69. The lowest BCUT2D eigenvalue weighted by molar-refractivity contribution is -0.161. The minimum atomic E-state index is -4.72. The van der Waals surface area contributed by atoms with Crippen LogP contribution in [-0.4, -0.2) is 59.9 Å². The minimum Gasteiger partial charge on any atom is -0.480 e. The largest absolute Gasteiger partial charge is 0.480 e. The van der Waals surface area contributed by atoms with Gasteiger partial charge in [0.1, 0.15) is 12.6 Å². The van der Waals surface area contributed by atoms with Gasteiger partial charge in [-0.3, -0.25) is 23.4 Å². The third-order valence-corrected chi connectivity index (χ3v) is 9.03. The summed E-state index contributed by atoms with van der Waals surface area (Å²) in [4.78, 5) is 45.7. The molecule has 0 bridgehead atoms. The zero-order valence-electron chi connectivity index (χ0n) is 32.1. The fourth-order valence-corrected chi connectivity index (χ4v) is 5.72. The van der Waals surface area contributed by atoms with Crippen LogP contribution in [0.5, 0.6) is 0 Å². The van der Waals surface area contributed by atoms with Crippen LogP contribution in [-0.2, 0) is 37.5 Å². The first-order chi connectivity index (χ1) is 25.1. The lowest BCUT2D eigenvalue weighted by Gasteiger charge is -2.20. The predicted octanol–water partition coefficient (Wildman–Crippen LogP) is 9.83. The monoisotopic (exact) mass is 755 g/mol. The first-order valence-electron chi connectivity index (χ1n) is 19.7. The average molecular weight is 756 g/mol. The number of hydrogen-bond donors (Lipinski definition) is 3. The van der Waals surface area contributed by atoms with Gasteiger partial charge in [0.25, 0.3) is 0 Å². The van der Waals surface area contributed by atoms with Crippen molar-refractivity contribution in [2.24, 2.45) is 5.73 Å². The van der Waals surface area contributed by atoms with Crippen LogP contribution in [0.4, 0.5) is 0 Å². The molecule has 0 heterocycles. The number of nitrogens with two attached hydrogens (primary N) is 1. The van der Waals surface area contributed by atoms with Crippen molar-refractivity contribution in [3.63, 3.8) is 0 Å². The standard InChI is InChI=1S/C40H70NO10P/c1-3-5-7-9-11-13-15-16-17-18-19-20-22-23-25-27-29-31-38(42)48-33-36(34-49-52(46,47)50-35-37(41)40(44)45)51-39(43)32-30-28-26-24-21-14-12-10-8-6-4-2/h11,13,16-17,19-20,23,25,36-37H,3-10,12,14-15,18,21-22,24,26-35,41H2,1-2H3,(H,44,45)(H,46,47)/t36-,37+/m1/s1. The van der Waals surface area contributed by atoms with Crippen molar-refractivity contribution < 1.29 is 47.5 Å². The van der Waals surface area contributed by atoms with E-state index in [4.69, 9.17) is 24.8 Å². The summed E-state index contributed by atoms with van der Waals surface area (Å²) in [5.74, 6) is -2.45. The zero-order chi connectivity index (χ0) is 38.5. The summed E-state index contributed by atoms with van der Waals surface area (Å²) in [5.41, 5.74) is 5.31. The molecule has 0 radical (unpaired) electrons.